The van der Waals surface area contributed by atoms with Crippen molar-refractivity contribution >= 4 is 15.9 Å². The summed E-state index contributed by atoms with van der Waals surface area (Å²) in [7, 11) is 0. The lowest BCUT2D eigenvalue weighted by Crippen LogP contribution is -2.47. The molecule has 1 saturated heterocycles. The fourth-order valence-corrected chi connectivity index (χ4v) is 3.46. The van der Waals surface area contributed by atoms with Gasteiger partial charge in [0.2, 0.25) is 0 Å². The second-order valence-electron chi connectivity index (χ2n) is 7.12. The zero-order valence-corrected chi connectivity index (χ0v) is 14.8. The molecule has 3 heteroatoms. The van der Waals surface area contributed by atoms with Crippen LogP contribution in [-0.4, -0.2) is 23.3 Å². The summed E-state index contributed by atoms with van der Waals surface area (Å²) in [4.78, 5) is 0. The molecular formula is C17H26BrNO. The number of hydrogen-bond acceptors (Lipinski definition) is 2. The molecule has 2 atom stereocenters. The molecule has 1 fully saturated rings. The van der Waals surface area contributed by atoms with Gasteiger partial charge in [0, 0.05) is 16.6 Å². The summed E-state index contributed by atoms with van der Waals surface area (Å²) in [5, 5.41) is 3.75. The lowest BCUT2D eigenvalue weighted by Gasteiger charge is -2.30. The van der Waals surface area contributed by atoms with Gasteiger partial charge in [-0.2, -0.15) is 0 Å². The highest BCUT2D eigenvalue weighted by atomic mass is 79.9. The lowest BCUT2D eigenvalue weighted by molar-refractivity contribution is -0.0703. The van der Waals surface area contributed by atoms with E-state index in [4.69, 9.17) is 4.74 Å². The highest BCUT2D eigenvalue weighted by Crippen LogP contribution is 2.37. The Labute approximate surface area is 131 Å². The maximum atomic E-state index is 6.15. The van der Waals surface area contributed by atoms with Crippen molar-refractivity contribution < 1.29 is 4.74 Å². The second-order valence-corrected chi connectivity index (χ2v) is 8.04. The Morgan fingerprint density at radius 3 is 2.35 bits per heavy atom. The second kappa shape index (κ2) is 5.78. The van der Waals surface area contributed by atoms with Crippen molar-refractivity contribution in [3.05, 3.63) is 34.3 Å². The molecule has 0 bridgehead atoms. The number of nitrogens with one attached hydrogen (secondary N) is 1. The largest absolute Gasteiger partial charge is 0.368 e. The topological polar surface area (TPSA) is 21.3 Å². The first-order valence-corrected chi connectivity index (χ1v) is 8.18. The van der Waals surface area contributed by atoms with Crippen LogP contribution in [0.5, 0.6) is 0 Å². The minimum atomic E-state index is -0.0997. The third-order valence-corrected chi connectivity index (χ3v) is 4.54. The molecule has 1 N–H and O–H groups in total. The summed E-state index contributed by atoms with van der Waals surface area (Å²) in [5.41, 5.74) is 1.24. The molecule has 1 aliphatic heterocycles. The first kappa shape index (κ1) is 16.0. The molecule has 2 nitrogen and oxygen atoms in total. The molecule has 112 valence electrons. The van der Waals surface area contributed by atoms with Crippen LogP contribution in [0.25, 0.3) is 0 Å². The van der Waals surface area contributed by atoms with E-state index >= 15 is 0 Å². The van der Waals surface area contributed by atoms with E-state index in [9.17, 15) is 0 Å². The van der Waals surface area contributed by atoms with Crippen LogP contribution in [0.4, 0.5) is 0 Å². The van der Waals surface area contributed by atoms with Crippen molar-refractivity contribution in [1.82, 2.24) is 5.32 Å². The Hall–Kier alpha value is -0.380. The smallest absolute Gasteiger partial charge is 0.0787 e. The fourth-order valence-electron chi connectivity index (χ4n) is 3.20. The van der Waals surface area contributed by atoms with Gasteiger partial charge in [-0.1, -0.05) is 28.1 Å². The average molecular weight is 340 g/mol. The first-order chi connectivity index (χ1) is 9.18. The summed E-state index contributed by atoms with van der Waals surface area (Å²) in [6, 6.07) is 9.42. The third kappa shape index (κ3) is 4.06. The van der Waals surface area contributed by atoms with Crippen molar-refractivity contribution in [2.75, 3.05) is 0 Å². The van der Waals surface area contributed by atoms with Crippen LogP contribution in [0.1, 0.15) is 46.6 Å². The highest BCUT2D eigenvalue weighted by Gasteiger charge is 2.45. The van der Waals surface area contributed by atoms with E-state index in [0.717, 1.165) is 17.3 Å². The van der Waals surface area contributed by atoms with Gasteiger partial charge >= 0.3 is 0 Å². The van der Waals surface area contributed by atoms with Crippen LogP contribution < -0.4 is 5.32 Å². The Morgan fingerprint density at radius 2 is 1.85 bits per heavy atom. The summed E-state index contributed by atoms with van der Waals surface area (Å²) in [6.45, 7) is 11.0. The van der Waals surface area contributed by atoms with Crippen LogP contribution in [0.2, 0.25) is 0 Å². The molecule has 0 saturated carbocycles. The van der Waals surface area contributed by atoms with Gasteiger partial charge in [0.05, 0.1) is 11.2 Å². The number of halogens is 1. The SMILES string of the molecule is CC(Cc1ccc(Br)cc1)NC1CC(C)(C)OC1(C)C. The predicted molar refractivity (Wildman–Crippen MR) is 88.1 cm³/mol. The molecule has 0 radical (unpaired) electrons. The van der Waals surface area contributed by atoms with E-state index in [1.54, 1.807) is 0 Å². The van der Waals surface area contributed by atoms with E-state index < -0.39 is 0 Å². The van der Waals surface area contributed by atoms with Gasteiger partial charge in [-0.3, -0.25) is 0 Å². The van der Waals surface area contributed by atoms with Crippen molar-refractivity contribution in [3.8, 4) is 0 Å². The number of rotatable bonds is 4. The Balaban J connectivity index is 1.94. The van der Waals surface area contributed by atoms with Crippen LogP contribution in [-0.2, 0) is 11.2 Å². The van der Waals surface area contributed by atoms with Crippen molar-refractivity contribution in [2.45, 2.75) is 70.7 Å². The van der Waals surface area contributed by atoms with Crippen LogP contribution in [0.15, 0.2) is 28.7 Å². The Morgan fingerprint density at radius 1 is 1.25 bits per heavy atom. The van der Waals surface area contributed by atoms with E-state index in [-0.39, 0.29) is 11.2 Å². The highest BCUT2D eigenvalue weighted by molar-refractivity contribution is 9.10. The summed E-state index contributed by atoms with van der Waals surface area (Å²) < 4.78 is 7.28. The third-order valence-electron chi connectivity index (χ3n) is 4.02. The van der Waals surface area contributed by atoms with Gasteiger partial charge in [0.1, 0.15) is 0 Å². The molecule has 2 unspecified atom stereocenters. The Bertz CT molecular complexity index is 453. The van der Waals surface area contributed by atoms with E-state index in [1.165, 1.54) is 5.56 Å². The zero-order chi connectivity index (χ0) is 15.0. The molecule has 1 aromatic rings. The minimum absolute atomic E-state index is 0.0293. The van der Waals surface area contributed by atoms with E-state index in [0.29, 0.717) is 12.1 Å². The first-order valence-electron chi connectivity index (χ1n) is 7.39. The maximum absolute atomic E-state index is 6.15. The van der Waals surface area contributed by atoms with Crippen molar-refractivity contribution in [3.63, 3.8) is 0 Å². The molecule has 1 aromatic carbocycles. The van der Waals surface area contributed by atoms with Gasteiger partial charge < -0.3 is 10.1 Å². The summed E-state index contributed by atoms with van der Waals surface area (Å²) in [6.07, 6.45) is 2.10. The molecule has 0 amide bonds. The maximum Gasteiger partial charge on any atom is 0.0787 e. The van der Waals surface area contributed by atoms with Crippen molar-refractivity contribution in [1.29, 1.82) is 0 Å². The number of ether oxygens (including phenoxy) is 1. The molecule has 0 aromatic heterocycles. The molecule has 1 aliphatic rings. The minimum Gasteiger partial charge on any atom is -0.368 e. The standard InChI is InChI=1S/C17H26BrNO/c1-12(10-13-6-8-14(18)9-7-13)19-15-11-16(2,3)20-17(15,4)5/h6-9,12,15,19H,10-11H2,1-5H3. The van der Waals surface area contributed by atoms with E-state index in [2.05, 4.69) is 80.1 Å². The molecule has 20 heavy (non-hydrogen) atoms. The monoisotopic (exact) mass is 339 g/mol. The molecule has 1 heterocycles. The van der Waals surface area contributed by atoms with Gasteiger partial charge in [0.25, 0.3) is 0 Å². The average Bonchev–Trinajstić information content (AvgIpc) is 2.50. The zero-order valence-electron chi connectivity index (χ0n) is 13.2. The molecule has 2 rings (SSSR count). The van der Waals surface area contributed by atoms with Crippen molar-refractivity contribution in [2.24, 2.45) is 0 Å². The lowest BCUT2D eigenvalue weighted by atomic mass is 9.93. The summed E-state index contributed by atoms with van der Waals surface area (Å²) >= 11 is 3.48. The normalized spacial score (nSPS) is 25.6. The van der Waals surface area contributed by atoms with Gasteiger partial charge in [-0.15, -0.1) is 0 Å². The van der Waals surface area contributed by atoms with Crippen LogP contribution in [0, 0.1) is 0 Å². The van der Waals surface area contributed by atoms with E-state index in [1.807, 2.05) is 0 Å². The summed E-state index contributed by atoms with van der Waals surface area (Å²) in [5.74, 6) is 0. The molecular weight excluding hydrogens is 314 g/mol. The van der Waals surface area contributed by atoms with Gasteiger partial charge in [-0.05, 0) is 65.2 Å². The quantitative estimate of drug-likeness (QED) is 0.882. The molecule has 0 aliphatic carbocycles. The number of hydrogen-bond donors (Lipinski definition) is 1. The Kier molecular flexibility index (Phi) is 4.63. The van der Waals surface area contributed by atoms with Crippen LogP contribution >= 0.6 is 15.9 Å². The van der Waals surface area contributed by atoms with Gasteiger partial charge in [-0.25, -0.2) is 0 Å². The van der Waals surface area contributed by atoms with Gasteiger partial charge in [0.15, 0.2) is 0 Å². The molecule has 0 spiro atoms. The predicted octanol–water partition coefficient (Wildman–Crippen LogP) is 4.32. The van der Waals surface area contributed by atoms with Crippen LogP contribution in [0.3, 0.4) is 0 Å². The fraction of sp³-hybridized carbons (Fsp3) is 0.647. The number of benzene rings is 1.